The molecule has 6 heteroatoms. The quantitative estimate of drug-likeness (QED) is 0.420. The van der Waals surface area contributed by atoms with Crippen LogP contribution in [0.4, 0.5) is 0 Å². The Morgan fingerprint density at radius 1 is 0.906 bits per heavy atom. The summed E-state index contributed by atoms with van der Waals surface area (Å²) in [6.07, 6.45) is 3.67. The lowest BCUT2D eigenvalue weighted by atomic mass is 9.87. The van der Waals surface area contributed by atoms with E-state index in [2.05, 4.69) is 34.5 Å². The molecule has 4 aromatic rings. The molecule has 0 bridgehead atoms. The normalized spacial score (nSPS) is 14.7. The molecule has 0 atom stereocenters. The first kappa shape index (κ1) is 20.2. The first-order chi connectivity index (χ1) is 15.8. The van der Waals surface area contributed by atoms with Crippen LogP contribution in [0, 0.1) is 0 Å². The third-order valence-corrected chi connectivity index (χ3v) is 6.15. The highest BCUT2D eigenvalue weighted by Crippen LogP contribution is 2.32. The van der Waals surface area contributed by atoms with Crippen molar-refractivity contribution in [2.45, 2.75) is 31.1 Å². The fourth-order valence-electron chi connectivity index (χ4n) is 4.38. The molecule has 0 saturated carbocycles. The van der Waals surface area contributed by atoms with Crippen LogP contribution in [0.2, 0.25) is 0 Å². The molecule has 0 aliphatic carbocycles. The lowest BCUT2D eigenvalue weighted by molar-refractivity contribution is -0.132. The van der Waals surface area contributed by atoms with Crippen molar-refractivity contribution < 1.29 is 13.6 Å². The summed E-state index contributed by atoms with van der Waals surface area (Å²) in [6.45, 7) is 1.39. The van der Waals surface area contributed by atoms with E-state index >= 15 is 0 Å². The van der Waals surface area contributed by atoms with Gasteiger partial charge in [-0.3, -0.25) is 4.79 Å². The van der Waals surface area contributed by atoms with Gasteiger partial charge in [0.1, 0.15) is 0 Å². The van der Waals surface area contributed by atoms with E-state index in [0.29, 0.717) is 37.1 Å². The highest BCUT2D eigenvalue weighted by molar-refractivity contribution is 5.78. The fraction of sp³-hybridized carbons (Fsp3) is 0.269. The van der Waals surface area contributed by atoms with Crippen LogP contribution in [0.1, 0.15) is 48.1 Å². The van der Waals surface area contributed by atoms with Gasteiger partial charge in [0.25, 0.3) is 5.89 Å². The second-order valence-corrected chi connectivity index (χ2v) is 8.16. The van der Waals surface area contributed by atoms with E-state index in [1.54, 1.807) is 18.4 Å². The molecule has 1 fully saturated rings. The van der Waals surface area contributed by atoms with Gasteiger partial charge in [-0.05, 0) is 36.1 Å². The molecule has 1 saturated heterocycles. The zero-order valence-corrected chi connectivity index (χ0v) is 17.8. The van der Waals surface area contributed by atoms with Gasteiger partial charge in [-0.25, -0.2) is 0 Å². The largest absolute Gasteiger partial charge is 0.459 e. The van der Waals surface area contributed by atoms with Crippen LogP contribution >= 0.6 is 0 Å². The minimum absolute atomic E-state index is 0.0504. The van der Waals surface area contributed by atoms with Crippen molar-refractivity contribution in [3.8, 4) is 11.7 Å². The van der Waals surface area contributed by atoms with Gasteiger partial charge in [-0.15, -0.1) is 10.2 Å². The highest BCUT2D eigenvalue weighted by Gasteiger charge is 2.29. The van der Waals surface area contributed by atoms with E-state index in [0.717, 1.165) is 12.8 Å². The van der Waals surface area contributed by atoms with Crippen LogP contribution in [0.15, 0.2) is 87.9 Å². The number of likely N-dealkylation sites (tertiary alicyclic amines) is 1. The number of amides is 1. The van der Waals surface area contributed by atoms with Crippen molar-refractivity contribution in [3.63, 3.8) is 0 Å². The summed E-state index contributed by atoms with van der Waals surface area (Å²) >= 11 is 0. The van der Waals surface area contributed by atoms with E-state index in [9.17, 15) is 4.79 Å². The molecule has 0 N–H and O–H groups in total. The van der Waals surface area contributed by atoms with Gasteiger partial charge in [0.2, 0.25) is 11.8 Å². The molecule has 1 aliphatic rings. The van der Waals surface area contributed by atoms with E-state index in [1.807, 2.05) is 41.3 Å². The zero-order chi connectivity index (χ0) is 21.8. The molecule has 0 radical (unpaired) electrons. The highest BCUT2D eigenvalue weighted by atomic mass is 16.4. The van der Waals surface area contributed by atoms with Gasteiger partial charge in [0, 0.05) is 31.3 Å². The number of hydrogen-bond acceptors (Lipinski definition) is 5. The third-order valence-electron chi connectivity index (χ3n) is 6.15. The zero-order valence-electron chi connectivity index (χ0n) is 17.8. The Morgan fingerprint density at radius 3 is 2.16 bits per heavy atom. The van der Waals surface area contributed by atoms with Gasteiger partial charge in [-0.2, -0.15) is 0 Å². The van der Waals surface area contributed by atoms with Gasteiger partial charge >= 0.3 is 0 Å². The second kappa shape index (κ2) is 9.22. The van der Waals surface area contributed by atoms with Crippen LogP contribution in [0.3, 0.4) is 0 Å². The Hall–Kier alpha value is -3.67. The van der Waals surface area contributed by atoms with Crippen LogP contribution in [0.5, 0.6) is 0 Å². The predicted octanol–water partition coefficient (Wildman–Crippen LogP) is 5.26. The Bertz CT molecular complexity index is 1090. The first-order valence-corrected chi connectivity index (χ1v) is 11.0. The molecular formula is C26H25N3O3. The summed E-state index contributed by atoms with van der Waals surface area (Å²) in [7, 11) is 0. The Balaban J connectivity index is 1.24. The van der Waals surface area contributed by atoms with E-state index in [4.69, 9.17) is 8.83 Å². The standard InChI is InChI=1S/C26H25N3O3/c30-24(18-22(19-8-3-1-4-9-19)20-10-5-2-6-11-20)29-15-13-21(14-16-29)25-27-28-26(32-25)23-12-7-17-31-23/h1-12,17,21-22H,13-16,18H2. The number of aromatic nitrogens is 2. The molecule has 32 heavy (non-hydrogen) atoms. The molecule has 6 nitrogen and oxygen atoms in total. The lowest BCUT2D eigenvalue weighted by Gasteiger charge is -2.31. The molecule has 0 spiro atoms. The first-order valence-electron chi connectivity index (χ1n) is 11.0. The summed E-state index contributed by atoms with van der Waals surface area (Å²) in [4.78, 5) is 15.2. The van der Waals surface area contributed by atoms with Gasteiger partial charge in [0.15, 0.2) is 5.76 Å². The maximum Gasteiger partial charge on any atom is 0.283 e. The number of nitrogens with zero attached hydrogens (tertiary/aromatic N) is 3. The SMILES string of the molecule is O=C(CC(c1ccccc1)c1ccccc1)N1CCC(c2nnc(-c3ccco3)o2)CC1. The number of benzene rings is 2. The molecule has 1 aliphatic heterocycles. The number of furan rings is 1. The molecule has 0 unspecified atom stereocenters. The topological polar surface area (TPSA) is 72.4 Å². The summed E-state index contributed by atoms with van der Waals surface area (Å²) < 4.78 is 11.2. The molecular weight excluding hydrogens is 402 g/mol. The third kappa shape index (κ3) is 4.35. The van der Waals surface area contributed by atoms with Crippen molar-refractivity contribution in [2.24, 2.45) is 0 Å². The summed E-state index contributed by atoms with van der Waals surface area (Å²) in [5, 5.41) is 8.32. The average molecular weight is 428 g/mol. The molecule has 1 amide bonds. The van der Waals surface area contributed by atoms with Crippen LogP contribution in [0.25, 0.3) is 11.7 Å². The van der Waals surface area contributed by atoms with Crippen LogP contribution in [-0.2, 0) is 4.79 Å². The summed E-state index contributed by atoms with van der Waals surface area (Å²) in [6, 6.07) is 24.1. The number of carbonyl (C=O) groups excluding carboxylic acids is 1. The van der Waals surface area contributed by atoms with Gasteiger partial charge in [-0.1, -0.05) is 60.7 Å². The van der Waals surface area contributed by atoms with Crippen molar-refractivity contribution in [3.05, 3.63) is 96.1 Å². The van der Waals surface area contributed by atoms with Crippen molar-refractivity contribution in [1.82, 2.24) is 15.1 Å². The average Bonchev–Trinajstić information content (AvgIpc) is 3.56. The van der Waals surface area contributed by atoms with E-state index in [1.165, 1.54) is 11.1 Å². The monoisotopic (exact) mass is 427 g/mol. The van der Waals surface area contributed by atoms with Gasteiger partial charge in [0.05, 0.1) is 6.26 Å². The Morgan fingerprint density at radius 2 is 1.56 bits per heavy atom. The smallest absolute Gasteiger partial charge is 0.283 e. The summed E-state index contributed by atoms with van der Waals surface area (Å²) in [5.74, 6) is 1.99. The maximum atomic E-state index is 13.2. The van der Waals surface area contributed by atoms with Crippen molar-refractivity contribution in [2.75, 3.05) is 13.1 Å². The molecule has 162 valence electrons. The summed E-state index contributed by atoms with van der Waals surface area (Å²) in [5.41, 5.74) is 2.33. The number of carbonyl (C=O) groups is 1. The lowest BCUT2D eigenvalue weighted by Crippen LogP contribution is -2.38. The van der Waals surface area contributed by atoms with Crippen molar-refractivity contribution >= 4 is 5.91 Å². The second-order valence-electron chi connectivity index (χ2n) is 8.16. The Kier molecular flexibility index (Phi) is 5.83. The number of hydrogen-bond donors (Lipinski definition) is 0. The molecule has 2 aromatic heterocycles. The number of piperidine rings is 1. The minimum atomic E-state index is 0.0504. The molecule has 2 aromatic carbocycles. The van der Waals surface area contributed by atoms with Crippen LogP contribution < -0.4 is 0 Å². The van der Waals surface area contributed by atoms with Crippen molar-refractivity contribution in [1.29, 1.82) is 0 Å². The van der Waals surface area contributed by atoms with Gasteiger partial charge < -0.3 is 13.7 Å². The van der Waals surface area contributed by atoms with Crippen LogP contribution in [-0.4, -0.2) is 34.1 Å². The maximum absolute atomic E-state index is 13.2. The molecule has 5 rings (SSSR count). The minimum Gasteiger partial charge on any atom is -0.459 e. The fourth-order valence-corrected chi connectivity index (χ4v) is 4.38. The predicted molar refractivity (Wildman–Crippen MR) is 120 cm³/mol. The molecule has 3 heterocycles. The number of rotatable bonds is 6. The Labute approximate surface area is 186 Å². The van der Waals surface area contributed by atoms with E-state index < -0.39 is 0 Å². The van der Waals surface area contributed by atoms with E-state index in [-0.39, 0.29) is 17.7 Å².